The minimum Gasteiger partial charge on any atom is -0.486 e. The average Bonchev–Trinajstić information content (AvgIpc) is 3.57. The molecule has 192 valence electrons. The number of alkyl halides is 3. The number of ether oxygens (including phenoxy) is 1. The number of benzene rings is 2. The third-order valence-electron chi connectivity index (χ3n) is 5.53. The van der Waals surface area contributed by atoms with Gasteiger partial charge in [-0.05, 0) is 49.1 Å². The molecule has 0 aliphatic heterocycles. The summed E-state index contributed by atoms with van der Waals surface area (Å²) >= 11 is 24.2. The molecule has 0 spiro atoms. The molecule has 1 aromatic heterocycles. The molecule has 1 N–H and O–H groups in total. The van der Waals surface area contributed by atoms with Crippen molar-refractivity contribution >= 4 is 52.3 Å². The van der Waals surface area contributed by atoms with E-state index in [-0.39, 0.29) is 52.3 Å². The fourth-order valence-electron chi connectivity index (χ4n) is 3.71. The van der Waals surface area contributed by atoms with Crippen LogP contribution in [0.1, 0.15) is 52.5 Å². The van der Waals surface area contributed by atoms with E-state index >= 15 is 0 Å². The van der Waals surface area contributed by atoms with Gasteiger partial charge in [-0.2, -0.15) is 18.3 Å². The second kappa shape index (κ2) is 11.1. The van der Waals surface area contributed by atoms with Crippen LogP contribution >= 0.6 is 46.4 Å². The summed E-state index contributed by atoms with van der Waals surface area (Å²) in [5.41, 5.74) is 0.480. The van der Waals surface area contributed by atoms with E-state index < -0.39 is 11.9 Å². The van der Waals surface area contributed by atoms with E-state index in [1.165, 1.54) is 16.8 Å². The van der Waals surface area contributed by atoms with Gasteiger partial charge in [0.25, 0.3) is 5.91 Å². The van der Waals surface area contributed by atoms with Crippen LogP contribution in [0.2, 0.25) is 20.1 Å². The van der Waals surface area contributed by atoms with Crippen LogP contribution in [0.4, 0.5) is 13.2 Å². The normalized spacial score (nSPS) is 13.6. The molecule has 0 unspecified atom stereocenters. The summed E-state index contributed by atoms with van der Waals surface area (Å²) in [7, 11) is 0. The van der Waals surface area contributed by atoms with Crippen LogP contribution in [0.15, 0.2) is 36.4 Å². The van der Waals surface area contributed by atoms with Crippen molar-refractivity contribution in [3.05, 3.63) is 79.0 Å². The van der Waals surface area contributed by atoms with Gasteiger partial charge in [-0.3, -0.25) is 9.48 Å². The Bertz CT molecular complexity index is 1250. The average molecular weight is 581 g/mol. The van der Waals surface area contributed by atoms with E-state index in [0.717, 1.165) is 12.8 Å². The van der Waals surface area contributed by atoms with Gasteiger partial charge in [0.1, 0.15) is 6.61 Å². The van der Waals surface area contributed by atoms with Crippen LogP contribution < -0.4 is 10.1 Å². The number of hydrogen-bond donors (Lipinski definition) is 1. The number of hydrogen-bond acceptors (Lipinski definition) is 3. The van der Waals surface area contributed by atoms with E-state index in [0.29, 0.717) is 28.3 Å². The predicted molar refractivity (Wildman–Crippen MR) is 133 cm³/mol. The Balaban J connectivity index is 1.32. The van der Waals surface area contributed by atoms with E-state index in [1.54, 1.807) is 24.3 Å². The molecule has 1 aliphatic rings. The molecule has 3 aromatic rings. The number of carbonyl (C=O) groups excluding carboxylic acids is 1. The fourth-order valence-corrected chi connectivity index (χ4v) is 5.03. The summed E-state index contributed by atoms with van der Waals surface area (Å²) in [5, 5.41) is 7.08. The van der Waals surface area contributed by atoms with Crippen molar-refractivity contribution in [3.8, 4) is 5.75 Å². The number of aryl methyl sites for hydroxylation is 1. The van der Waals surface area contributed by atoms with Gasteiger partial charge in [-0.15, -0.1) is 0 Å². The van der Waals surface area contributed by atoms with Crippen molar-refractivity contribution < 1.29 is 22.7 Å². The van der Waals surface area contributed by atoms with Crippen molar-refractivity contribution in [2.45, 2.75) is 44.5 Å². The molecule has 36 heavy (non-hydrogen) atoms. The number of rotatable bonds is 9. The molecule has 1 amide bonds. The second-order valence-corrected chi connectivity index (χ2v) is 9.97. The smallest absolute Gasteiger partial charge is 0.436 e. The Morgan fingerprint density at radius 2 is 1.81 bits per heavy atom. The summed E-state index contributed by atoms with van der Waals surface area (Å²) in [6.45, 7) is 0.574. The number of aromatic nitrogens is 2. The van der Waals surface area contributed by atoms with Gasteiger partial charge in [0.2, 0.25) is 0 Å². The summed E-state index contributed by atoms with van der Waals surface area (Å²) in [6.07, 6.45) is -2.65. The third-order valence-corrected chi connectivity index (χ3v) is 6.68. The minimum atomic E-state index is -4.61. The molecule has 12 heteroatoms. The van der Waals surface area contributed by atoms with Crippen LogP contribution in [0.25, 0.3) is 0 Å². The highest BCUT2D eigenvalue weighted by Gasteiger charge is 2.41. The van der Waals surface area contributed by atoms with Gasteiger partial charge in [0, 0.05) is 29.6 Å². The molecular formula is C24H20Cl4F3N3O2. The lowest BCUT2D eigenvalue weighted by Gasteiger charge is -2.12. The van der Waals surface area contributed by atoms with E-state index in [9.17, 15) is 18.0 Å². The Morgan fingerprint density at radius 3 is 2.44 bits per heavy atom. The molecule has 0 atom stereocenters. The zero-order valence-corrected chi connectivity index (χ0v) is 21.7. The van der Waals surface area contributed by atoms with Crippen LogP contribution in [-0.4, -0.2) is 22.2 Å². The third kappa shape index (κ3) is 6.40. The van der Waals surface area contributed by atoms with Crippen LogP contribution in [0, 0.1) is 0 Å². The molecular weight excluding hydrogens is 561 g/mol. The Hall–Kier alpha value is -2.13. The number of carbonyl (C=O) groups is 1. The standard InChI is InChI=1S/C24H20Cl4F3N3O2/c25-16-10-17(26)21(18(27)11-16)36-12-13-3-1-4-15(9-13)23(35)32-7-2-8-34-20(14-5-6-14)19(28)22(33-34)24(29,30)31/h1,3-4,9-11,14H,2,5-8,12H2,(H,32,35). The highest BCUT2D eigenvalue weighted by molar-refractivity contribution is 6.40. The lowest BCUT2D eigenvalue weighted by molar-refractivity contribution is -0.141. The second-order valence-electron chi connectivity index (χ2n) is 8.34. The molecule has 4 rings (SSSR count). The summed E-state index contributed by atoms with van der Waals surface area (Å²) in [5.74, 6) is -0.0369. The minimum absolute atomic E-state index is 0.00159. The van der Waals surface area contributed by atoms with Gasteiger partial charge < -0.3 is 10.1 Å². The summed E-state index contributed by atoms with van der Waals surface area (Å²) < 4.78 is 46.6. The van der Waals surface area contributed by atoms with Gasteiger partial charge >= 0.3 is 6.18 Å². The van der Waals surface area contributed by atoms with Crippen molar-refractivity contribution in [2.24, 2.45) is 0 Å². The van der Waals surface area contributed by atoms with Crippen molar-refractivity contribution in [3.63, 3.8) is 0 Å². The number of halogens is 7. The monoisotopic (exact) mass is 579 g/mol. The van der Waals surface area contributed by atoms with Gasteiger partial charge in [-0.25, -0.2) is 0 Å². The molecule has 1 saturated carbocycles. The van der Waals surface area contributed by atoms with Gasteiger partial charge in [0.05, 0.1) is 20.8 Å². The molecule has 0 saturated heterocycles. The SMILES string of the molecule is O=C(NCCCn1nc(C(F)(F)F)c(Cl)c1C1CC1)c1cccc(COc2c(Cl)cc(Cl)cc2Cl)c1. The summed E-state index contributed by atoms with van der Waals surface area (Å²) in [6, 6.07) is 9.85. The Kier molecular flexibility index (Phi) is 8.29. The quantitative estimate of drug-likeness (QED) is 0.263. The molecule has 1 aliphatic carbocycles. The van der Waals surface area contributed by atoms with Gasteiger partial charge in [0.15, 0.2) is 11.4 Å². The zero-order valence-electron chi connectivity index (χ0n) is 18.6. The zero-order chi connectivity index (χ0) is 26.0. The van der Waals surface area contributed by atoms with E-state index in [4.69, 9.17) is 51.1 Å². The molecule has 0 radical (unpaired) electrons. The van der Waals surface area contributed by atoms with Gasteiger partial charge in [-0.1, -0.05) is 58.5 Å². The number of nitrogens with zero attached hydrogens (tertiary/aromatic N) is 2. The topological polar surface area (TPSA) is 56.2 Å². The lowest BCUT2D eigenvalue weighted by atomic mass is 10.1. The van der Waals surface area contributed by atoms with Crippen molar-refractivity contribution in [1.82, 2.24) is 15.1 Å². The molecule has 1 heterocycles. The van der Waals surface area contributed by atoms with Crippen molar-refractivity contribution in [1.29, 1.82) is 0 Å². The molecule has 5 nitrogen and oxygen atoms in total. The highest BCUT2D eigenvalue weighted by atomic mass is 35.5. The highest BCUT2D eigenvalue weighted by Crippen LogP contribution is 2.47. The first-order valence-electron chi connectivity index (χ1n) is 11.0. The first-order chi connectivity index (χ1) is 17.0. The van der Waals surface area contributed by atoms with Crippen LogP contribution in [-0.2, 0) is 19.3 Å². The van der Waals surface area contributed by atoms with Crippen molar-refractivity contribution in [2.75, 3.05) is 6.54 Å². The van der Waals surface area contributed by atoms with E-state index in [2.05, 4.69) is 10.4 Å². The first-order valence-corrected chi connectivity index (χ1v) is 12.5. The number of nitrogens with one attached hydrogen (secondary N) is 1. The number of amides is 1. The Morgan fingerprint density at radius 1 is 1.11 bits per heavy atom. The van der Waals surface area contributed by atoms with Crippen LogP contribution in [0.3, 0.4) is 0 Å². The van der Waals surface area contributed by atoms with E-state index in [1.807, 2.05) is 0 Å². The predicted octanol–water partition coefficient (Wildman–Crippen LogP) is 7.79. The summed E-state index contributed by atoms with van der Waals surface area (Å²) in [4.78, 5) is 12.6. The van der Waals surface area contributed by atoms with Crippen LogP contribution in [0.5, 0.6) is 5.75 Å². The molecule has 2 aromatic carbocycles. The maximum Gasteiger partial charge on any atom is 0.436 e. The largest absolute Gasteiger partial charge is 0.486 e. The maximum absolute atomic E-state index is 13.2. The first kappa shape index (κ1) is 26.9. The lowest BCUT2D eigenvalue weighted by Crippen LogP contribution is -2.25. The maximum atomic E-state index is 13.2. The fraction of sp³-hybridized carbons (Fsp3) is 0.333. The molecule has 0 bridgehead atoms. The Labute approximate surface area is 225 Å². The molecule has 1 fully saturated rings.